The van der Waals surface area contributed by atoms with Gasteiger partial charge >= 0.3 is 0 Å². The molecule has 0 saturated carbocycles. The second kappa shape index (κ2) is 5.11. The van der Waals surface area contributed by atoms with Crippen molar-refractivity contribution in [3.63, 3.8) is 0 Å². The smallest absolute Gasteiger partial charge is 0.0946 e. The van der Waals surface area contributed by atoms with E-state index in [0.717, 1.165) is 45.1 Å². The number of hydrogen-bond acceptors (Lipinski definition) is 3. The third kappa shape index (κ3) is 3.19. The summed E-state index contributed by atoms with van der Waals surface area (Å²) in [6.45, 7) is 4.76. The standard InChI is InChI=1S/C8H17N3O/c1-10-8(9)2-3-11-4-6-12-7-5-11/h2-7H2,1H3,(H2,9,10). The highest BCUT2D eigenvalue weighted by Crippen LogP contribution is 1.97. The summed E-state index contributed by atoms with van der Waals surface area (Å²) >= 11 is 0. The van der Waals surface area contributed by atoms with Gasteiger partial charge in [-0.2, -0.15) is 0 Å². The second-order valence-corrected chi connectivity index (χ2v) is 2.92. The van der Waals surface area contributed by atoms with Crippen LogP contribution in [0.25, 0.3) is 0 Å². The van der Waals surface area contributed by atoms with Gasteiger partial charge in [-0.05, 0) is 0 Å². The molecule has 0 atom stereocenters. The number of aliphatic imine (C=N–C) groups is 1. The number of ether oxygens (including phenoxy) is 1. The molecule has 1 saturated heterocycles. The van der Waals surface area contributed by atoms with Crippen molar-refractivity contribution in [2.45, 2.75) is 6.42 Å². The van der Waals surface area contributed by atoms with Gasteiger partial charge in [0.1, 0.15) is 0 Å². The normalized spacial score (nSPS) is 21.2. The van der Waals surface area contributed by atoms with Crippen LogP contribution in [0.2, 0.25) is 0 Å². The van der Waals surface area contributed by atoms with Crippen LogP contribution in [0.1, 0.15) is 6.42 Å². The molecule has 0 unspecified atom stereocenters. The first-order valence-corrected chi connectivity index (χ1v) is 4.34. The lowest BCUT2D eigenvalue weighted by Gasteiger charge is -2.26. The number of rotatable bonds is 3. The molecule has 4 nitrogen and oxygen atoms in total. The van der Waals surface area contributed by atoms with Gasteiger partial charge < -0.3 is 10.5 Å². The van der Waals surface area contributed by atoms with E-state index in [4.69, 9.17) is 10.5 Å². The molecule has 0 aliphatic carbocycles. The highest BCUT2D eigenvalue weighted by Gasteiger charge is 2.09. The van der Waals surface area contributed by atoms with Gasteiger partial charge in [0.05, 0.1) is 19.0 Å². The molecule has 0 aromatic heterocycles. The molecule has 0 bridgehead atoms. The molecule has 4 heteroatoms. The van der Waals surface area contributed by atoms with Gasteiger partial charge in [0, 0.05) is 33.1 Å². The SMILES string of the molecule is CN=C(N)CCN1CCOCC1. The van der Waals surface area contributed by atoms with Crippen molar-refractivity contribution >= 4 is 5.84 Å². The Morgan fingerprint density at radius 1 is 1.50 bits per heavy atom. The zero-order valence-corrected chi connectivity index (χ0v) is 7.62. The van der Waals surface area contributed by atoms with Crippen LogP contribution in [0, 0.1) is 0 Å². The number of hydrogen-bond donors (Lipinski definition) is 1. The molecule has 0 spiro atoms. The van der Waals surface area contributed by atoms with E-state index in [9.17, 15) is 0 Å². The Morgan fingerprint density at radius 3 is 2.75 bits per heavy atom. The first-order chi connectivity index (χ1) is 5.83. The molecule has 1 fully saturated rings. The number of amidine groups is 1. The summed E-state index contributed by atoms with van der Waals surface area (Å²) in [5.41, 5.74) is 5.58. The third-order valence-corrected chi connectivity index (χ3v) is 2.08. The summed E-state index contributed by atoms with van der Waals surface area (Å²) in [6.07, 6.45) is 0.872. The summed E-state index contributed by atoms with van der Waals surface area (Å²) < 4.78 is 5.23. The molecule has 0 aromatic rings. The number of nitrogens with two attached hydrogens (primary N) is 1. The Balaban J connectivity index is 2.13. The molecule has 1 aliphatic rings. The maximum absolute atomic E-state index is 5.58. The third-order valence-electron chi connectivity index (χ3n) is 2.08. The average Bonchev–Trinajstić information content (AvgIpc) is 2.16. The predicted octanol–water partition coefficient (Wildman–Crippen LogP) is -0.304. The van der Waals surface area contributed by atoms with E-state index in [1.165, 1.54) is 0 Å². The predicted molar refractivity (Wildman–Crippen MR) is 49.4 cm³/mol. The van der Waals surface area contributed by atoms with E-state index in [2.05, 4.69) is 9.89 Å². The lowest BCUT2D eigenvalue weighted by atomic mass is 10.3. The topological polar surface area (TPSA) is 50.8 Å². The first kappa shape index (κ1) is 9.48. The zero-order valence-electron chi connectivity index (χ0n) is 7.62. The number of morpholine rings is 1. The molecule has 70 valence electrons. The fourth-order valence-corrected chi connectivity index (χ4v) is 1.21. The van der Waals surface area contributed by atoms with Crippen molar-refractivity contribution in [1.29, 1.82) is 0 Å². The van der Waals surface area contributed by atoms with E-state index in [1.807, 2.05) is 0 Å². The van der Waals surface area contributed by atoms with Crippen molar-refractivity contribution in [3.05, 3.63) is 0 Å². The maximum Gasteiger partial charge on any atom is 0.0946 e. The molecule has 2 N–H and O–H groups in total. The summed E-state index contributed by atoms with van der Waals surface area (Å²) in [7, 11) is 1.73. The summed E-state index contributed by atoms with van der Waals surface area (Å²) in [5, 5.41) is 0. The van der Waals surface area contributed by atoms with E-state index in [-0.39, 0.29) is 0 Å². The lowest BCUT2D eigenvalue weighted by Crippen LogP contribution is -2.38. The van der Waals surface area contributed by atoms with Gasteiger partial charge in [-0.15, -0.1) is 0 Å². The highest BCUT2D eigenvalue weighted by molar-refractivity contribution is 5.80. The van der Waals surface area contributed by atoms with E-state index in [1.54, 1.807) is 7.05 Å². The Morgan fingerprint density at radius 2 is 2.17 bits per heavy atom. The van der Waals surface area contributed by atoms with Gasteiger partial charge in [0.2, 0.25) is 0 Å². The maximum atomic E-state index is 5.58. The van der Waals surface area contributed by atoms with Crippen molar-refractivity contribution in [1.82, 2.24) is 4.90 Å². The van der Waals surface area contributed by atoms with Gasteiger partial charge in [0.25, 0.3) is 0 Å². The molecule has 0 amide bonds. The van der Waals surface area contributed by atoms with E-state index < -0.39 is 0 Å². The fraction of sp³-hybridized carbons (Fsp3) is 0.875. The molecule has 12 heavy (non-hydrogen) atoms. The molecule has 1 heterocycles. The van der Waals surface area contributed by atoms with Crippen molar-refractivity contribution in [2.75, 3.05) is 39.9 Å². The average molecular weight is 171 g/mol. The quantitative estimate of drug-likeness (QED) is 0.468. The minimum absolute atomic E-state index is 0.737. The first-order valence-electron chi connectivity index (χ1n) is 4.34. The fourth-order valence-electron chi connectivity index (χ4n) is 1.21. The van der Waals surface area contributed by atoms with Crippen LogP contribution >= 0.6 is 0 Å². The summed E-state index contributed by atoms with van der Waals surface area (Å²) in [5.74, 6) is 0.737. The van der Waals surface area contributed by atoms with Crippen molar-refractivity contribution in [3.8, 4) is 0 Å². The highest BCUT2D eigenvalue weighted by atomic mass is 16.5. The molecular weight excluding hydrogens is 154 g/mol. The monoisotopic (exact) mass is 171 g/mol. The van der Waals surface area contributed by atoms with E-state index >= 15 is 0 Å². The van der Waals surface area contributed by atoms with Crippen LogP contribution < -0.4 is 5.73 Å². The largest absolute Gasteiger partial charge is 0.387 e. The van der Waals surface area contributed by atoms with Crippen molar-refractivity contribution < 1.29 is 4.74 Å². The van der Waals surface area contributed by atoms with Gasteiger partial charge in [-0.25, -0.2) is 0 Å². The van der Waals surface area contributed by atoms with Gasteiger partial charge in [-0.3, -0.25) is 9.89 Å². The molecule has 0 aromatic carbocycles. The van der Waals surface area contributed by atoms with E-state index in [0.29, 0.717) is 0 Å². The Kier molecular flexibility index (Phi) is 4.04. The second-order valence-electron chi connectivity index (χ2n) is 2.92. The zero-order chi connectivity index (χ0) is 8.81. The summed E-state index contributed by atoms with van der Waals surface area (Å²) in [6, 6.07) is 0. The Hall–Kier alpha value is -0.610. The summed E-state index contributed by atoms with van der Waals surface area (Å²) in [4.78, 5) is 6.26. The minimum Gasteiger partial charge on any atom is -0.387 e. The Labute approximate surface area is 73.4 Å². The van der Waals surface area contributed by atoms with Crippen LogP contribution in [0.3, 0.4) is 0 Å². The van der Waals surface area contributed by atoms with Crippen LogP contribution in [-0.2, 0) is 4.74 Å². The lowest BCUT2D eigenvalue weighted by molar-refractivity contribution is 0.0392. The number of nitrogens with zero attached hydrogens (tertiary/aromatic N) is 2. The Bertz CT molecular complexity index is 152. The van der Waals surface area contributed by atoms with Crippen LogP contribution in [-0.4, -0.2) is 50.6 Å². The van der Waals surface area contributed by atoms with Crippen LogP contribution in [0.4, 0.5) is 0 Å². The molecule has 1 aliphatic heterocycles. The van der Waals surface area contributed by atoms with Gasteiger partial charge in [-0.1, -0.05) is 0 Å². The van der Waals surface area contributed by atoms with Crippen LogP contribution in [0.15, 0.2) is 4.99 Å². The molecular formula is C8H17N3O. The molecule has 1 rings (SSSR count). The van der Waals surface area contributed by atoms with Gasteiger partial charge in [0.15, 0.2) is 0 Å². The van der Waals surface area contributed by atoms with Crippen molar-refractivity contribution in [2.24, 2.45) is 10.7 Å². The minimum atomic E-state index is 0.737. The van der Waals surface area contributed by atoms with Crippen LogP contribution in [0.5, 0.6) is 0 Å². The molecule has 0 radical (unpaired) electrons.